The van der Waals surface area contributed by atoms with Crippen molar-refractivity contribution >= 4 is 69.1 Å². The van der Waals surface area contributed by atoms with Crippen LogP contribution in [0.5, 0.6) is 0 Å². The number of ether oxygens (including phenoxy) is 1. The number of carbonyl (C=O) groups excluding carboxylic acids is 3. The number of amides is 2. The van der Waals surface area contributed by atoms with Crippen LogP contribution in [0.3, 0.4) is 0 Å². The number of rotatable bonds is 24. The Morgan fingerprint density at radius 2 is 1.75 bits per heavy atom. The second-order valence-electron chi connectivity index (χ2n) is 14.2. The Morgan fingerprint density at radius 1 is 1.07 bits per heavy atom. The maximum Gasteiger partial charge on any atom is 0.481 e. The third-order valence-electron chi connectivity index (χ3n) is 8.77. The number of aromatic nitrogens is 4. The van der Waals surface area contributed by atoms with Gasteiger partial charge in [-0.05, 0) is 32.8 Å². The SMILES string of the molecule is CCCCCC(C)=CC(=O)SCCNC(=O)CCNC(=O)C(O)C(C)(C)COP(=O)(O)OP(=O)(O)OCC1OC(C)(n2cnc3c(N)ncnc32)C(O)C1OP(=O)(O)O. The Hall–Kier alpha value is -2.70. The van der Waals surface area contributed by atoms with Crippen LogP contribution < -0.4 is 16.4 Å². The first-order valence-corrected chi connectivity index (χ1v) is 23.6. The van der Waals surface area contributed by atoms with Gasteiger partial charge in [0.05, 0.1) is 19.5 Å². The van der Waals surface area contributed by atoms with Crippen LogP contribution in [0.4, 0.5) is 5.82 Å². The number of hydrogen-bond donors (Lipinski definition) is 9. The molecular weight excluding hydrogens is 867 g/mol. The molecule has 1 aliphatic heterocycles. The number of nitrogens with zero attached hydrogens (tertiary/aromatic N) is 4. The molecular formula is C31H52N7O17P3S. The quantitative estimate of drug-likeness (QED) is 0.0408. The van der Waals surface area contributed by atoms with Gasteiger partial charge in [-0.2, -0.15) is 4.31 Å². The Kier molecular flexibility index (Phi) is 18.4. The molecule has 59 heavy (non-hydrogen) atoms. The molecule has 2 aromatic rings. The number of nitrogens with two attached hydrogens (primary N) is 1. The van der Waals surface area contributed by atoms with Crippen LogP contribution in [-0.2, 0) is 56.4 Å². The number of nitrogen functional groups attached to an aromatic ring is 1. The van der Waals surface area contributed by atoms with Gasteiger partial charge in [-0.3, -0.25) is 32.5 Å². The lowest BCUT2D eigenvalue weighted by Crippen LogP contribution is -2.46. The maximum atomic E-state index is 12.8. The lowest BCUT2D eigenvalue weighted by Gasteiger charge is -2.30. The molecule has 0 aromatic carbocycles. The Labute approximate surface area is 343 Å². The van der Waals surface area contributed by atoms with Gasteiger partial charge in [-0.1, -0.05) is 50.9 Å². The van der Waals surface area contributed by atoms with E-state index in [9.17, 15) is 57.9 Å². The van der Waals surface area contributed by atoms with Crippen LogP contribution in [0, 0.1) is 5.41 Å². The van der Waals surface area contributed by atoms with E-state index < -0.39 is 84.1 Å². The van der Waals surface area contributed by atoms with Crippen molar-refractivity contribution < 1.29 is 80.5 Å². The molecule has 1 saturated heterocycles. The number of thioether (sulfide) groups is 1. The zero-order valence-electron chi connectivity index (χ0n) is 32.9. The van der Waals surface area contributed by atoms with Crippen LogP contribution in [0.2, 0.25) is 0 Å². The van der Waals surface area contributed by atoms with Crippen molar-refractivity contribution in [3.8, 4) is 0 Å². The molecule has 3 rings (SSSR count). The van der Waals surface area contributed by atoms with E-state index >= 15 is 0 Å². The zero-order chi connectivity index (χ0) is 44.4. The van der Waals surface area contributed by atoms with Gasteiger partial charge < -0.3 is 50.9 Å². The number of aliphatic hydroxyl groups is 2. The molecule has 7 atom stereocenters. The molecule has 0 radical (unpaired) electrons. The number of carbonyl (C=O) groups is 3. The van der Waals surface area contributed by atoms with Crippen molar-refractivity contribution in [1.82, 2.24) is 30.2 Å². The largest absolute Gasteiger partial charge is 0.481 e. The molecule has 2 aromatic heterocycles. The summed E-state index contributed by atoms with van der Waals surface area (Å²) in [4.78, 5) is 88.2. The average Bonchev–Trinajstić information content (AvgIpc) is 3.67. The minimum Gasteiger partial charge on any atom is -0.385 e. The monoisotopic (exact) mass is 919 g/mol. The van der Waals surface area contributed by atoms with E-state index in [4.69, 9.17) is 24.0 Å². The highest BCUT2D eigenvalue weighted by molar-refractivity contribution is 8.14. The summed E-state index contributed by atoms with van der Waals surface area (Å²) in [7, 11) is -16.5. The third-order valence-corrected chi connectivity index (χ3v) is 12.7. The molecule has 10 N–H and O–H groups in total. The number of fused-ring (bicyclic) bond motifs is 1. The van der Waals surface area contributed by atoms with Crippen LogP contribution >= 0.6 is 35.2 Å². The molecule has 28 heteroatoms. The Morgan fingerprint density at radius 3 is 2.41 bits per heavy atom. The standard InChI is InChI=1S/C31H52N7O17P3S/c1-6-7-8-9-19(2)14-22(40)59-13-12-33-21(39)10-11-34-29(43)26(42)30(3,4)16-52-58(49,50)55-57(47,48)51-15-20-24(54-56(44,45)46)25(41)31(5,53-20)38-18-37-23-27(32)35-17-36-28(23)38/h14,17-18,20,24-26,41-42H,6-13,15-16H2,1-5H3,(H,33,39)(H,34,43)(H,47,48)(H,49,50)(H2,32,35,36)(H2,44,45,46). The van der Waals surface area contributed by atoms with Crippen LogP contribution in [0.25, 0.3) is 11.2 Å². The fourth-order valence-electron chi connectivity index (χ4n) is 5.56. The average molecular weight is 920 g/mol. The smallest absolute Gasteiger partial charge is 0.385 e. The lowest BCUT2D eigenvalue weighted by atomic mass is 9.87. The number of hydrogen-bond acceptors (Lipinski definition) is 18. The molecule has 334 valence electrons. The van der Waals surface area contributed by atoms with Gasteiger partial charge in [0.15, 0.2) is 17.2 Å². The van der Waals surface area contributed by atoms with Gasteiger partial charge >= 0.3 is 23.5 Å². The summed E-state index contributed by atoms with van der Waals surface area (Å²) in [6.07, 6.45) is 0.121. The van der Waals surface area contributed by atoms with Gasteiger partial charge in [0, 0.05) is 30.7 Å². The Balaban J connectivity index is 1.49. The number of anilines is 1. The molecule has 24 nitrogen and oxygen atoms in total. The van der Waals surface area contributed by atoms with Crippen LogP contribution in [-0.4, -0.2) is 123 Å². The second-order valence-corrected chi connectivity index (χ2v) is 19.6. The van der Waals surface area contributed by atoms with Gasteiger partial charge in [0.1, 0.15) is 36.3 Å². The minimum atomic E-state index is -5.59. The summed E-state index contributed by atoms with van der Waals surface area (Å²) >= 11 is 1.06. The fourth-order valence-corrected chi connectivity index (χ4v) is 9.07. The number of imidazole rings is 1. The molecule has 0 saturated carbocycles. The molecule has 0 bridgehead atoms. The van der Waals surface area contributed by atoms with Crippen molar-refractivity contribution in [2.75, 3.05) is 37.8 Å². The van der Waals surface area contributed by atoms with Gasteiger partial charge in [0.2, 0.25) is 16.9 Å². The predicted octanol–water partition coefficient (Wildman–Crippen LogP) is 1.37. The first-order valence-electron chi connectivity index (χ1n) is 18.1. The van der Waals surface area contributed by atoms with E-state index in [0.717, 1.165) is 60.2 Å². The molecule has 0 aliphatic carbocycles. The number of aliphatic hydroxyl groups excluding tert-OH is 2. The van der Waals surface area contributed by atoms with Crippen LogP contribution in [0.1, 0.15) is 66.7 Å². The molecule has 1 fully saturated rings. The highest BCUT2D eigenvalue weighted by Crippen LogP contribution is 2.61. The topological polar surface area (TPSA) is 364 Å². The first-order chi connectivity index (χ1) is 27.3. The summed E-state index contributed by atoms with van der Waals surface area (Å²) in [6, 6.07) is 0. The fraction of sp³-hybridized carbons (Fsp3) is 0.677. The van der Waals surface area contributed by atoms with E-state index in [1.54, 1.807) is 6.08 Å². The molecule has 3 heterocycles. The van der Waals surface area contributed by atoms with E-state index in [1.807, 2.05) is 6.92 Å². The molecule has 2 amide bonds. The van der Waals surface area contributed by atoms with Gasteiger partial charge in [-0.25, -0.2) is 28.6 Å². The molecule has 1 aliphatic rings. The predicted molar refractivity (Wildman–Crippen MR) is 210 cm³/mol. The first kappa shape index (κ1) is 50.7. The molecule has 7 unspecified atom stereocenters. The highest BCUT2D eigenvalue weighted by atomic mass is 32.2. The van der Waals surface area contributed by atoms with Crippen LogP contribution in [0.15, 0.2) is 24.3 Å². The number of phosphoric acid groups is 3. The van der Waals surface area contributed by atoms with Crippen molar-refractivity contribution in [1.29, 1.82) is 0 Å². The van der Waals surface area contributed by atoms with E-state index in [1.165, 1.54) is 20.8 Å². The third kappa shape index (κ3) is 15.3. The molecule has 0 spiro atoms. The van der Waals surface area contributed by atoms with Crippen molar-refractivity contribution in [2.24, 2.45) is 5.41 Å². The Bertz CT molecular complexity index is 1970. The summed E-state index contributed by atoms with van der Waals surface area (Å²) in [6.45, 7) is 5.72. The lowest BCUT2D eigenvalue weighted by molar-refractivity contribution is -0.137. The van der Waals surface area contributed by atoms with E-state index in [2.05, 4.69) is 36.8 Å². The van der Waals surface area contributed by atoms with Crippen molar-refractivity contribution in [3.05, 3.63) is 24.3 Å². The summed E-state index contributed by atoms with van der Waals surface area (Å²) in [5, 5.41) is 26.6. The van der Waals surface area contributed by atoms with E-state index in [-0.39, 0.29) is 41.6 Å². The number of allylic oxidation sites excluding steroid dienone is 1. The normalized spacial score (nSPS) is 22.8. The second kappa shape index (κ2) is 21.4. The minimum absolute atomic E-state index is 0.0194. The summed E-state index contributed by atoms with van der Waals surface area (Å²) < 4.78 is 62.8. The number of unbranched alkanes of at least 4 members (excludes halogenated alkanes) is 2. The maximum absolute atomic E-state index is 12.8. The zero-order valence-corrected chi connectivity index (χ0v) is 36.4. The van der Waals surface area contributed by atoms with Crippen molar-refractivity contribution in [2.45, 2.75) is 96.9 Å². The van der Waals surface area contributed by atoms with Gasteiger partial charge in [0.25, 0.3) is 0 Å². The summed E-state index contributed by atoms with van der Waals surface area (Å²) in [5.74, 6) is -1.12. The van der Waals surface area contributed by atoms with Crippen molar-refractivity contribution in [3.63, 3.8) is 0 Å². The van der Waals surface area contributed by atoms with Gasteiger partial charge in [-0.15, -0.1) is 0 Å². The number of nitrogens with one attached hydrogen (secondary N) is 2. The van der Waals surface area contributed by atoms with E-state index in [0.29, 0.717) is 5.75 Å². The highest BCUT2D eigenvalue weighted by Gasteiger charge is 2.57. The number of phosphoric ester groups is 3. The summed E-state index contributed by atoms with van der Waals surface area (Å²) in [5.41, 5.74) is 3.30.